The monoisotopic (exact) mass is 557 g/mol. The number of benzene rings is 2. The molecule has 0 aliphatic carbocycles. The summed E-state index contributed by atoms with van der Waals surface area (Å²) >= 11 is 0.825. The first kappa shape index (κ1) is 28.0. The van der Waals surface area contributed by atoms with Crippen LogP contribution in [0.2, 0.25) is 0 Å². The van der Waals surface area contributed by atoms with Gasteiger partial charge >= 0.3 is 16.8 Å². The molecule has 0 bridgehead atoms. The fourth-order valence-corrected chi connectivity index (χ4v) is 5.60. The minimum atomic E-state index is -1.20. The van der Waals surface area contributed by atoms with Crippen LogP contribution in [0.4, 0.5) is 0 Å². The summed E-state index contributed by atoms with van der Waals surface area (Å²) in [5, 5.41) is 28.2. The lowest BCUT2D eigenvalue weighted by Gasteiger charge is -2.38. The lowest BCUT2D eigenvalue weighted by molar-refractivity contribution is -0.139. The van der Waals surface area contributed by atoms with Gasteiger partial charge in [0, 0.05) is 12.0 Å². The van der Waals surface area contributed by atoms with Crippen LogP contribution in [0.3, 0.4) is 0 Å². The van der Waals surface area contributed by atoms with E-state index in [1.165, 1.54) is 0 Å². The van der Waals surface area contributed by atoms with Crippen LogP contribution < -0.4 is 19.1 Å². The van der Waals surface area contributed by atoms with Gasteiger partial charge in [-0.2, -0.15) is 0 Å². The van der Waals surface area contributed by atoms with Gasteiger partial charge in [0.2, 0.25) is 5.88 Å². The molecule has 11 heteroatoms. The SMILES string of the molecule is Cc1c(C)c2c(c(C)c1OCC(=O)O)CCC(C)(COc1ccc(Cc3sc(=O)n(CC(=O)O)c3O)cc1)O2. The van der Waals surface area contributed by atoms with Crippen LogP contribution >= 0.6 is 11.3 Å². The number of carbonyl (C=O) groups is 2. The second kappa shape index (κ2) is 11.0. The Kier molecular flexibility index (Phi) is 7.91. The number of fused-ring (bicyclic) bond motifs is 1. The van der Waals surface area contributed by atoms with Crippen molar-refractivity contribution < 1.29 is 39.1 Å². The Bertz CT molecular complexity index is 1470. The van der Waals surface area contributed by atoms with Gasteiger partial charge in [0.05, 0.1) is 4.88 Å². The topological polar surface area (TPSA) is 145 Å². The summed E-state index contributed by atoms with van der Waals surface area (Å²) in [5.41, 5.74) is 3.92. The third-order valence-electron chi connectivity index (χ3n) is 6.96. The molecular weight excluding hydrogens is 526 g/mol. The van der Waals surface area contributed by atoms with Gasteiger partial charge in [0.15, 0.2) is 6.61 Å². The molecule has 0 radical (unpaired) electrons. The van der Waals surface area contributed by atoms with Crippen LogP contribution in [0.1, 0.15) is 46.0 Å². The smallest absolute Gasteiger partial charge is 0.341 e. The highest BCUT2D eigenvalue weighted by molar-refractivity contribution is 7.09. The Morgan fingerprint density at radius 2 is 1.74 bits per heavy atom. The second-order valence-corrected chi connectivity index (χ2v) is 11.0. The molecule has 208 valence electrons. The Hall–Kier alpha value is -3.99. The molecule has 4 rings (SSSR count). The highest BCUT2D eigenvalue weighted by atomic mass is 32.1. The van der Waals surface area contributed by atoms with Gasteiger partial charge in [0.25, 0.3) is 0 Å². The third kappa shape index (κ3) is 6.03. The van der Waals surface area contributed by atoms with Crippen molar-refractivity contribution in [1.29, 1.82) is 0 Å². The maximum absolute atomic E-state index is 12.0. The molecule has 0 amide bonds. The van der Waals surface area contributed by atoms with Crippen LogP contribution in [-0.2, 0) is 29.0 Å². The molecule has 1 unspecified atom stereocenters. The van der Waals surface area contributed by atoms with Gasteiger partial charge < -0.3 is 29.5 Å². The molecule has 0 saturated carbocycles. The molecule has 3 aromatic rings. The number of ether oxygens (including phenoxy) is 3. The van der Waals surface area contributed by atoms with Gasteiger partial charge in [-0.3, -0.25) is 14.2 Å². The molecule has 0 saturated heterocycles. The average Bonchev–Trinajstić information content (AvgIpc) is 3.13. The highest BCUT2D eigenvalue weighted by Crippen LogP contribution is 2.44. The van der Waals surface area contributed by atoms with Gasteiger partial charge in [-0.1, -0.05) is 23.5 Å². The molecule has 2 heterocycles. The molecule has 3 N–H and O–H groups in total. The summed E-state index contributed by atoms with van der Waals surface area (Å²) in [6, 6.07) is 7.26. The minimum absolute atomic E-state index is 0.284. The molecule has 1 aliphatic rings. The number of thiazole rings is 1. The quantitative estimate of drug-likeness (QED) is 0.339. The lowest BCUT2D eigenvalue weighted by atomic mass is 9.87. The van der Waals surface area contributed by atoms with Crippen molar-refractivity contribution in [2.45, 2.75) is 59.1 Å². The average molecular weight is 558 g/mol. The second-order valence-electron chi connectivity index (χ2n) is 9.95. The molecule has 39 heavy (non-hydrogen) atoms. The van der Waals surface area contributed by atoms with Crippen molar-refractivity contribution in [3.8, 4) is 23.1 Å². The third-order valence-corrected chi connectivity index (χ3v) is 7.93. The number of aliphatic carboxylic acids is 2. The normalized spacial score (nSPS) is 16.3. The predicted molar refractivity (Wildman–Crippen MR) is 144 cm³/mol. The van der Waals surface area contributed by atoms with Crippen LogP contribution in [0.15, 0.2) is 29.1 Å². The summed E-state index contributed by atoms with van der Waals surface area (Å²) in [7, 11) is 0. The number of carboxylic acid groups (broad SMARTS) is 2. The van der Waals surface area contributed by atoms with E-state index in [2.05, 4.69) is 0 Å². The Balaban J connectivity index is 1.42. The van der Waals surface area contributed by atoms with Gasteiger partial charge in [-0.25, -0.2) is 4.79 Å². The Morgan fingerprint density at radius 1 is 1.05 bits per heavy atom. The number of nitrogens with zero attached hydrogens (tertiary/aromatic N) is 1. The summed E-state index contributed by atoms with van der Waals surface area (Å²) < 4.78 is 19.0. The van der Waals surface area contributed by atoms with Crippen LogP contribution in [0.5, 0.6) is 23.1 Å². The van der Waals surface area contributed by atoms with E-state index in [1.807, 2.05) is 39.8 Å². The van der Waals surface area contributed by atoms with E-state index in [4.69, 9.17) is 24.4 Å². The maximum atomic E-state index is 12.0. The Labute approximate surface area is 229 Å². The van der Waals surface area contributed by atoms with Crippen molar-refractivity contribution in [2.24, 2.45) is 0 Å². The van der Waals surface area contributed by atoms with Crippen molar-refractivity contribution in [1.82, 2.24) is 4.57 Å². The minimum Gasteiger partial charge on any atom is -0.494 e. The Morgan fingerprint density at radius 3 is 2.38 bits per heavy atom. The van der Waals surface area contributed by atoms with E-state index < -0.39 is 35.6 Å². The van der Waals surface area contributed by atoms with Crippen LogP contribution in [-0.4, -0.2) is 50.6 Å². The summed E-state index contributed by atoms with van der Waals surface area (Å²) in [5.74, 6) is -0.533. The lowest BCUT2D eigenvalue weighted by Crippen LogP contribution is -2.42. The van der Waals surface area contributed by atoms with Crippen molar-refractivity contribution >= 4 is 23.3 Å². The summed E-state index contributed by atoms with van der Waals surface area (Å²) in [6.07, 6.45) is 1.72. The zero-order valence-electron chi connectivity index (χ0n) is 22.2. The molecule has 1 aliphatic heterocycles. The molecule has 1 aromatic heterocycles. The highest BCUT2D eigenvalue weighted by Gasteiger charge is 2.35. The van der Waals surface area contributed by atoms with Crippen molar-refractivity contribution in [3.63, 3.8) is 0 Å². The summed E-state index contributed by atoms with van der Waals surface area (Å²) in [4.78, 5) is 33.8. The zero-order valence-corrected chi connectivity index (χ0v) is 23.0. The molecule has 0 spiro atoms. The van der Waals surface area contributed by atoms with E-state index in [0.717, 1.165) is 55.9 Å². The van der Waals surface area contributed by atoms with Crippen molar-refractivity contribution in [2.75, 3.05) is 13.2 Å². The standard InChI is InChI=1S/C28H31NO9S/c1-15-16(2)25-20(17(3)24(15)36-13-23(32)33)9-10-28(4,38-25)14-37-19-7-5-18(6-8-19)11-21-26(34)29(12-22(30)31)27(35)39-21/h5-8,34H,9-14H2,1-4H3,(H,30,31)(H,32,33). The number of aromatic hydroxyl groups is 1. The number of hydrogen-bond acceptors (Lipinski definition) is 8. The van der Waals surface area contributed by atoms with Crippen molar-refractivity contribution in [3.05, 3.63) is 66.6 Å². The van der Waals surface area contributed by atoms with Gasteiger partial charge in [-0.05, 0) is 74.9 Å². The van der Waals surface area contributed by atoms with E-state index in [1.54, 1.807) is 12.1 Å². The fraction of sp³-hybridized carbons (Fsp3) is 0.393. The first-order chi connectivity index (χ1) is 18.4. The predicted octanol–water partition coefficient (Wildman–Crippen LogP) is 3.84. The summed E-state index contributed by atoms with van der Waals surface area (Å²) in [6.45, 7) is 7.08. The molecule has 2 aromatic carbocycles. The zero-order chi connectivity index (χ0) is 28.5. The first-order valence-electron chi connectivity index (χ1n) is 12.4. The first-order valence-corrected chi connectivity index (χ1v) is 13.2. The molecule has 10 nitrogen and oxygen atoms in total. The van der Waals surface area contributed by atoms with E-state index in [9.17, 15) is 19.5 Å². The maximum Gasteiger partial charge on any atom is 0.341 e. The number of rotatable bonds is 10. The molecule has 0 fully saturated rings. The van der Waals surface area contributed by atoms with Gasteiger partial charge in [-0.15, -0.1) is 0 Å². The van der Waals surface area contributed by atoms with Crippen LogP contribution in [0, 0.1) is 20.8 Å². The number of carboxylic acids is 2. The largest absolute Gasteiger partial charge is 0.494 e. The number of hydrogen-bond donors (Lipinski definition) is 3. The molecular formula is C28H31NO9S. The van der Waals surface area contributed by atoms with E-state index in [-0.39, 0.29) is 12.3 Å². The number of aromatic nitrogens is 1. The van der Waals surface area contributed by atoms with Crippen LogP contribution in [0.25, 0.3) is 0 Å². The molecule has 1 atom stereocenters. The fourth-order valence-electron chi connectivity index (χ4n) is 4.69. The van der Waals surface area contributed by atoms with E-state index in [0.29, 0.717) is 29.4 Å². The van der Waals surface area contributed by atoms with Gasteiger partial charge in [0.1, 0.15) is 36.0 Å². The van der Waals surface area contributed by atoms with E-state index >= 15 is 0 Å².